The molecule has 0 fully saturated rings. The number of nitrogens with one attached hydrogen (secondary N) is 1. The molecule has 108 valence electrons. The molecule has 21 heavy (non-hydrogen) atoms. The number of rotatable bonds is 4. The Morgan fingerprint density at radius 2 is 1.90 bits per heavy atom. The maximum Gasteiger partial charge on any atom is 0.257 e. The molecule has 0 aliphatic carbocycles. The van der Waals surface area contributed by atoms with Gasteiger partial charge in [-0.1, -0.05) is 36.9 Å². The smallest absolute Gasteiger partial charge is 0.257 e. The largest absolute Gasteiger partial charge is 0.300 e. The fourth-order valence-corrected chi connectivity index (χ4v) is 2.28. The number of thioether (sulfide) groups is 1. The van der Waals surface area contributed by atoms with E-state index in [4.69, 9.17) is 0 Å². The molecule has 0 atom stereocenters. The molecular weight excluding hydrogens is 290 g/mol. The zero-order chi connectivity index (χ0) is 15.2. The molecule has 7 heteroatoms. The van der Waals surface area contributed by atoms with E-state index in [0.717, 1.165) is 11.8 Å². The molecule has 1 N–H and O–H groups in total. The van der Waals surface area contributed by atoms with Gasteiger partial charge in [0.25, 0.3) is 5.91 Å². The lowest BCUT2D eigenvalue weighted by molar-refractivity contribution is -0.132. The molecule has 0 spiro atoms. The second-order valence-corrected chi connectivity index (χ2v) is 5.13. The number of amides is 1. The lowest BCUT2D eigenvalue weighted by atomic mass is 10.1. The van der Waals surface area contributed by atoms with Crippen molar-refractivity contribution in [1.82, 2.24) is 5.32 Å². The Hall–Kier alpha value is -2.28. The van der Waals surface area contributed by atoms with Crippen LogP contribution < -0.4 is 5.32 Å². The van der Waals surface area contributed by atoms with E-state index >= 15 is 0 Å². The summed E-state index contributed by atoms with van der Waals surface area (Å²) >= 11 is 1.16. The number of ketones is 2. The van der Waals surface area contributed by atoms with Gasteiger partial charge in [0.1, 0.15) is 5.71 Å². The average molecular weight is 303 g/mol. The molecule has 1 aliphatic rings. The van der Waals surface area contributed by atoms with Crippen molar-refractivity contribution in [2.45, 2.75) is 13.3 Å². The summed E-state index contributed by atoms with van der Waals surface area (Å²) in [4.78, 5) is 34.8. The first kappa shape index (κ1) is 15.1. The van der Waals surface area contributed by atoms with Crippen LogP contribution in [-0.4, -0.2) is 34.1 Å². The summed E-state index contributed by atoms with van der Waals surface area (Å²) in [5.41, 5.74) is 0.623. The predicted octanol–water partition coefficient (Wildman–Crippen LogP) is 1.42. The van der Waals surface area contributed by atoms with Gasteiger partial charge in [-0.15, -0.1) is 10.2 Å². The van der Waals surface area contributed by atoms with Crippen LogP contribution in [0.4, 0.5) is 0 Å². The van der Waals surface area contributed by atoms with Crippen LogP contribution >= 0.6 is 11.8 Å². The lowest BCUT2D eigenvalue weighted by Crippen LogP contribution is -2.33. The molecular formula is C14H13N3O3S. The topological polar surface area (TPSA) is 88.0 Å². The Labute approximate surface area is 125 Å². The molecule has 1 aliphatic heterocycles. The second-order valence-electron chi connectivity index (χ2n) is 4.17. The molecule has 0 aromatic heterocycles. The molecule has 1 heterocycles. The van der Waals surface area contributed by atoms with Crippen LogP contribution in [0.25, 0.3) is 0 Å². The van der Waals surface area contributed by atoms with Crippen molar-refractivity contribution >= 4 is 40.1 Å². The van der Waals surface area contributed by atoms with Crippen molar-refractivity contribution in [3.63, 3.8) is 0 Å². The number of amidine groups is 1. The molecule has 1 amide bonds. The van der Waals surface area contributed by atoms with Crippen LogP contribution in [0.1, 0.15) is 23.7 Å². The molecule has 0 saturated heterocycles. The Bertz CT molecular complexity index is 638. The summed E-state index contributed by atoms with van der Waals surface area (Å²) < 4.78 is 0. The van der Waals surface area contributed by atoms with Gasteiger partial charge in [0.15, 0.2) is 5.17 Å². The van der Waals surface area contributed by atoms with Gasteiger partial charge in [0, 0.05) is 17.7 Å². The lowest BCUT2D eigenvalue weighted by Gasteiger charge is -2.11. The van der Waals surface area contributed by atoms with E-state index in [1.165, 1.54) is 0 Å². The molecule has 1 aromatic rings. The van der Waals surface area contributed by atoms with Crippen molar-refractivity contribution < 1.29 is 14.4 Å². The number of carbonyl (C=O) groups is 3. The first-order valence-corrected chi connectivity index (χ1v) is 7.31. The molecule has 0 bridgehead atoms. The van der Waals surface area contributed by atoms with E-state index in [0.29, 0.717) is 10.7 Å². The van der Waals surface area contributed by atoms with E-state index in [9.17, 15) is 14.4 Å². The fraction of sp³-hybridized carbons (Fsp3) is 0.214. The molecule has 6 nitrogen and oxygen atoms in total. The van der Waals surface area contributed by atoms with Gasteiger partial charge in [-0.25, -0.2) is 0 Å². The van der Waals surface area contributed by atoms with Gasteiger partial charge in [0.2, 0.25) is 11.6 Å². The minimum atomic E-state index is -0.609. The zero-order valence-corrected chi connectivity index (χ0v) is 12.1. The Kier molecular flexibility index (Phi) is 4.99. The van der Waals surface area contributed by atoms with E-state index in [2.05, 4.69) is 15.5 Å². The third-order valence-electron chi connectivity index (χ3n) is 2.70. The third kappa shape index (κ3) is 3.85. The maximum atomic E-state index is 11.9. The number of Topliss-reactive ketones (excluding diaryl/α,β-unsaturated/α-hetero) is 2. The van der Waals surface area contributed by atoms with Gasteiger partial charge in [-0.2, -0.15) is 0 Å². The van der Waals surface area contributed by atoms with Crippen LogP contribution in [0.15, 0.2) is 40.5 Å². The number of hydrogen-bond acceptors (Lipinski definition) is 6. The zero-order valence-electron chi connectivity index (χ0n) is 11.3. The normalized spacial score (nSPS) is 14.0. The van der Waals surface area contributed by atoms with Crippen molar-refractivity contribution in [3.05, 3.63) is 35.9 Å². The van der Waals surface area contributed by atoms with Gasteiger partial charge < -0.3 is 0 Å². The summed E-state index contributed by atoms with van der Waals surface area (Å²) in [5, 5.41) is 10.4. The van der Waals surface area contributed by atoms with Gasteiger partial charge in [-0.05, 0) is 12.1 Å². The van der Waals surface area contributed by atoms with Crippen molar-refractivity contribution in [1.29, 1.82) is 0 Å². The number of hydrogen-bond donors (Lipinski definition) is 1. The highest BCUT2D eigenvalue weighted by atomic mass is 32.2. The predicted molar refractivity (Wildman–Crippen MR) is 81.5 cm³/mol. The second kappa shape index (κ2) is 6.94. The Balaban J connectivity index is 2.03. The number of benzene rings is 1. The van der Waals surface area contributed by atoms with Crippen molar-refractivity contribution in [2.75, 3.05) is 5.75 Å². The Morgan fingerprint density at radius 1 is 1.19 bits per heavy atom. The van der Waals surface area contributed by atoms with E-state index in [1.807, 2.05) is 6.07 Å². The van der Waals surface area contributed by atoms with Gasteiger partial charge >= 0.3 is 0 Å². The van der Waals surface area contributed by atoms with E-state index in [-0.39, 0.29) is 23.8 Å². The van der Waals surface area contributed by atoms with Crippen LogP contribution in [0.2, 0.25) is 0 Å². The maximum absolute atomic E-state index is 11.9. The van der Waals surface area contributed by atoms with Crippen LogP contribution in [0, 0.1) is 0 Å². The highest BCUT2D eigenvalue weighted by Crippen LogP contribution is 2.11. The summed E-state index contributed by atoms with van der Waals surface area (Å²) in [7, 11) is 0. The summed E-state index contributed by atoms with van der Waals surface area (Å²) in [6, 6.07) is 8.70. The van der Waals surface area contributed by atoms with Crippen LogP contribution in [0.5, 0.6) is 0 Å². The first-order chi connectivity index (χ1) is 10.1. The highest BCUT2D eigenvalue weighted by molar-refractivity contribution is 8.14. The molecule has 0 unspecified atom stereocenters. The monoisotopic (exact) mass is 303 g/mol. The minimum absolute atomic E-state index is 0.115. The summed E-state index contributed by atoms with van der Waals surface area (Å²) in [6.45, 7) is 1.62. The average Bonchev–Trinajstić information content (AvgIpc) is 2.55. The van der Waals surface area contributed by atoms with E-state index in [1.54, 1.807) is 31.2 Å². The fourth-order valence-electron chi connectivity index (χ4n) is 1.55. The summed E-state index contributed by atoms with van der Waals surface area (Å²) in [6.07, 6.45) is 0.143. The molecule has 0 radical (unpaired) electrons. The van der Waals surface area contributed by atoms with Gasteiger partial charge in [-0.3, -0.25) is 19.7 Å². The number of nitrogens with zero attached hydrogens (tertiary/aromatic N) is 2. The molecule has 0 saturated carbocycles. The Morgan fingerprint density at radius 3 is 2.48 bits per heavy atom. The quantitative estimate of drug-likeness (QED) is 0.852. The molecule has 2 rings (SSSR count). The first-order valence-electron chi connectivity index (χ1n) is 6.33. The summed E-state index contributed by atoms with van der Waals surface area (Å²) in [5.74, 6) is -1.17. The third-order valence-corrected chi connectivity index (χ3v) is 3.57. The van der Waals surface area contributed by atoms with Crippen molar-refractivity contribution in [2.24, 2.45) is 10.2 Å². The minimum Gasteiger partial charge on any atom is -0.300 e. The number of carbonyl (C=O) groups excluding carboxylic acids is 3. The molecule has 1 aromatic carbocycles. The van der Waals surface area contributed by atoms with Gasteiger partial charge in [0.05, 0.1) is 0 Å². The van der Waals surface area contributed by atoms with Crippen molar-refractivity contribution in [3.8, 4) is 0 Å². The van der Waals surface area contributed by atoms with Crippen LogP contribution in [-0.2, 0) is 9.59 Å². The highest BCUT2D eigenvalue weighted by Gasteiger charge is 2.23. The van der Waals surface area contributed by atoms with E-state index < -0.39 is 11.6 Å². The van der Waals surface area contributed by atoms with Crippen LogP contribution in [0.3, 0.4) is 0 Å². The standard InChI is InChI=1S/C14H13N3O3S/c1-2-11(18)12(19)10-8-21-14(17-16-10)15-13(20)9-6-4-3-5-7-9/h3-7H,2,8H2,1H3,(H,15,17,20). The SMILES string of the molecule is CCC(=O)C(=O)C1=NN=C(NC(=O)c2ccccc2)SC1.